The summed E-state index contributed by atoms with van der Waals surface area (Å²) in [5.41, 5.74) is 2.22. The molecular weight excluding hydrogens is 488 g/mol. The molecule has 7 nitrogen and oxygen atoms in total. The van der Waals surface area contributed by atoms with E-state index in [1.807, 2.05) is 13.0 Å². The van der Waals surface area contributed by atoms with Crippen molar-refractivity contribution in [3.05, 3.63) is 103 Å². The number of ether oxygens (including phenoxy) is 1. The molecule has 1 amide bonds. The summed E-state index contributed by atoms with van der Waals surface area (Å²) in [6.07, 6.45) is 1.47. The maximum absolute atomic E-state index is 13.7. The number of fused-ring (bicyclic) bond motifs is 2. The first-order valence-electron chi connectivity index (χ1n) is 10.7. The van der Waals surface area contributed by atoms with E-state index >= 15 is 0 Å². The molecule has 1 atom stereocenters. The maximum atomic E-state index is 13.7. The van der Waals surface area contributed by atoms with Crippen molar-refractivity contribution in [2.24, 2.45) is 0 Å². The molecule has 9 heteroatoms. The topological polar surface area (TPSA) is 89.7 Å². The summed E-state index contributed by atoms with van der Waals surface area (Å²) in [5, 5.41) is 1.16. The molecule has 0 spiro atoms. The van der Waals surface area contributed by atoms with Gasteiger partial charge in [0, 0.05) is 5.02 Å². The molecule has 2 aromatic heterocycles. The predicted octanol–water partition coefficient (Wildman–Crippen LogP) is 5.61. The number of esters is 1. The predicted molar refractivity (Wildman–Crippen MR) is 135 cm³/mol. The van der Waals surface area contributed by atoms with Gasteiger partial charge in [0.1, 0.15) is 17.1 Å². The second-order valence-electron chi connectivity index (χ2n) is 8.10. The number of amides is 1. The van der Waals surface area contributed by atoms with Crippen LogP contribution in [0.5, 0.6) is 0 Å². The lowest BCUT2D eigenvalue weighted by atomic mass is 9.98. The van der Waals surface area contributed by atoms with E-state index in [0.29, 0.717) is 27.2 Å². The zero-order valence-electron chi connectivity index (χ0n) is 18.8. The number of thiazole rings is 1. The third-order valence-corrected chi connectivity index (χ3v) is 7.11. The van der Waals surface area contributed by atoms with Gasteiger partial charge in [-0.3, -0.25) is 14.5 Å². The molecule has 5 rings (SSSR count). The number of aryl methyl sites for hydroxylation is 2. The van der Waals surface area contributed by atoms with E-state index in [-0.39, 0.29) is 33.4 Å². The number of anilines is 1. The number of benzene rings is 2. The highest BCUT2D eigenvalue weighted by atomic mass is 35.5. The van der Waals surface area contributed by atoms with Crippen LogP contribution in [0.4, 0.5) is 5.13 Å². The van der Waals surface area contributed by atoms with Crippen LogP contribution in [0.25, 0.3) is 11.0 Å². The molecule has 0 bridgehead atoms. The fraction of sp³-hybridized carbons (Fsp3) is 0.154. The fourth-order valence-corrected chi connectivity index (χ4v) is 5.23. The van der Waals surface area contributed by atoms with E-state index < -0.39 is 17.9 Å². The summed E-state index contributed by atoms with van der Waals surface area (Å²) in [6, 6.07) is 11.3. The SMILES string of the molecule is C=CCOC(=O)c1sc(N2C(=O)c3oc4ccc(C)cc4c(=O)c3C2c2ccc(Cl)cc2)nc1C. The Hall–Kier alpha value is -3.75. The molecule has 0 fully saturated rings. The molecule has 1 unspecified atom stereocenters. The van der Waals surface area contributed by atoms with Crippen molar-refractivity contribution >= 4 is 50.9 Å². The number of rotatable bonds is 5. The summed E-state index contributed by atoms with van der Waals surface area (Å²) in [4.78, 5) is 46.0. The second-order valence-corrected chi connectivity index (χ2v) is 9.51. The van der Waals surface area contributed by atoms with Crippen molar-refractivity contribution in [3.63, 3.8) is 0 Å². The molecule has 2 aromatic carbocycles. The number of halogens is 1. The second kappa shape index (κ2) is 8.79. The van der Waals surface area contributed by atoms with Gasteiger partial charge in [-0.2, -0.15) is 0 Å². The third kappa shape index (κ3) is 3.84. The highest BCUT2D eigenvalue weighted by molar-refractivity contribution is 7.17. The molecule has 0 N–H and O–H groups in total. The number of hydrogen-bond donors (Lipinski definition) is 0. The van der Waals surface area contributed by atoms with E-state index in [1.165, 1.54) is 11.0 Å². The number of aromatic nitrogens is 1. The molecule has 0 radical (unpaired) electrons. The van der Waals surface area contributed by atoms with Gasteiger partial charge in [0.2, 0.25) is 5.76 Å². The summed E-state index contributed by atoms with van der Waals surface area (Å²) >= 11 is 7.12. The lowest BCUT2D eigenvalue weighted by molar-refractivity contribution is 0.0554. The Bertz CT molecular complexity index is 1570. The van der Waals surface area contributed by atoms with Crippen molar-refractivity contribution in [1.82, 2.24) is 4.98 Å². The van der Waals surface area contributed by atoms with Gasteiger partial charge in [0.15, 0.2) is 10.6 Å². The van der Waals surface area contributed by atoms with Crippen LogP contribution in [0, 0.1) is 13.8 Å². The molecule has 1 aliphatic heterocycles. The Morgan fingerprint density at radius 1 is 1.23 bits per heavy atom. The van der Waals surface area contributed by atoms with Gasteiger partial charge in [-0.25, -0.2) is 9.78 Å². The van der Waals surface area contributed by atoms with Gasteiger partial charge in [-0.05, 0) is 43.7 Å². The van der Waals surface area contributed by atoms with Crippen molar-refractivity contribution in [3.8, 4) is 0 Å². The van der Waals surface area contributed by atoms with Crippen molar-refractivity contribution in [2.45, 2.75) is 19.9 Å². The van der Waals surface area contributed by atoms with Crippen LogP contribution in [0.3, 0.4) is 0 Å². The largest absolute Gasteiger partial charge is 0.457 e. The van der Waals surface area contributed by atoms with E-state index in [1.54, 1.807) is 43.3 Å². The molecule has 3 heterocycles. The Balaban J connectivity index is 1.72. The number of carbonyl (C=O) groups is 2. The van der Waals surface area contributed by atoms with Crippen LogP contribution in [0.2, 0.25) is 5.02 Å². The van der Waals surface area contributed by atoms with Gasteiger partial charge in [-0.1, -0.05) is 59.4 Å². The Kier molecular flexibility index (Phi) is 5.78. The molecule has 0 saturated heterocycles. The minimum atomic E-state index is -0.807. The van der Waals surface area contributed by atoms with Crippen molar-refractivity contribution in [1.29, 1.82) is 0 Å². The van der Waals surface area contributed by atoms with Gasteiger partial charge in [0.25, 0.3) is 5.91 Å². The van der Waals surface area contributed by atoms with Crippen LogP contribution >= 0.6 is 22.9 Å². The molecule has 176 valence electrons. The molecule has 1 aliphatic rings. The van der Waals surface area contributed by atoms with Gasteiger partial charge < -0.3 is 9.15 Å². The van der Waals surface area contributed by atoms with Crippen LogP contribution < -0.4 is 10.3 Å². The first-order valence-corrected chi connectivity index (χ1v) is 11.9. The quantitative estimate of drug-likeness (QED) is 0.258. The smallest absolute Gasteiger partial charge is 0.350 e. The minimum absolute atomic E-state index is 0.0464. The summed E-state index contributed by atoms with van der Waals surface area (Å²) in [5.74, 6) is -1.12. The normalized spacial score (nSPS) is 14.9. The lowest BCUT2D eigenvalue weighted by Gasteiger charge is -2.22. The Morgan fingerprint density at radius 3 is 2.69 bits per heavy atom. The van der Waals surface area contributed by atoms with E-state index in [2.05, 4.69) is 11.6 Å². The fourth-order valence-electron chi connectivity index (χ4n) is 4.12. The average molecular weight is 507 g/mol. The lowest BCUT2D eigenvalue weighted by Crippen LogP contribution is -2.29. The molecule has 35 heavy (non-hydrogen) atoms. The highest BCUT2D eigenvalue weighted by Gasteiger charge is 2.45. The number of hydrogen-bond acceptors (Lipinski definition) is 7. The van der Waals surface area contributed by atoms with Gasteiger partial charge >= 0.3 is 5.97 Å². The molecule has 0 saturated carbocycles. The van der Waals surface area contributed by atoms with Crippen LogP contribution in [0.1, 0.15) is 48.7 Å². The van der Waals surface area contributed by atoms with Crippen LogP contribution in [-0.4, -0.2) is 23.5 Å². The number of nitrogens with zero attached hydrogens (tertiary/aromatic N) is 2. The molecule has 4 aromatic rings. The standard InChI is InChI=1S/C26H19ClN2O5S/c1-4-11-33-25(32)23-14(3)28-26(35-23)29-20(15-6-8-16(27)9-7-15)19-21(30)17-12-13(2)5-10-18(17)34-22(19)24(29)31/h4-10,12,20H,1,11H2,2-3H3. The first kappa shape index (κ1) is 23.0. The number of carbonyl (C=O) groups excluding carboxylic acids is 2. The van der Waals surface area contributed by atoms with Crippen LogP contribution in [0.15, 0.2) is 64.3 Å². The molecular formula is C26H19ClN2O5S. The monoisotopic (exact) mass is 506 g/mol. The van der Waals surface area contributed by atoms with Gasteiger partial charge in [-0.15, -0.1) is 0 Å². The van der Waals surface area contributed by atoms with Crippen LogP contribution in [-0.2, 0) is 4.74 Å². The zero-order chi connectivity index (χ0) is 24.9. The van der Waals surface area contributed by atoms with Crippen molar-refractivity contribution in [2.75, 3.05) is 11.5 Å². The first-order chi connectivity index (χ1) is 16.8. The van der Waals surface area contributed by atoms with Gasteiger partial charge in [0.05, 0.1) is 22.7 Å². The Morgan fingerprint density at radius 2 is 1.97 bits per heavy atom. The van der Waals surface area contributed by atoms with E-state index in [0.717, 1.165) is 16.9 Å². The zero-order valence-corrected chi connectivity index (χ0v) is 20.4. The van der Waals surface area contributed by atoms with E-state index in [4.69, 9.17) is 20.8 Å². The summed E-state index contributed by atoms with van der Waals surface area (Å²) in [6.45, 7) is 7.14. The maximum Gasteiger partial charge on any atom is 0.350 e. The minimum Gasteiger partial charge on any atom is -0.457 e. The van der Waals surface area contributed by atoms with E-state index in [9.17, 15) is 14.4 Å². The summed E-state index contributed by atoms with van der Waals surface area (Å²) < 4.78 is 11.1. The van der Waals surface area contributed by atoms with Crippen molar-refractivity contribution < 1.29 is 18.7 Å². The molecule has 0 aliphatic carbocycles. The highest BCUT2D eigenvalue weighted by Crippen LogP contribution is 2.43. The Labute approximate surface area is 209 Å². The average Bonchev–Trinajstić information content (AvgIpc) is 3.36. The third-order valence-electron chi connectivity index (χ3n) is 5.72. The summed E-state index contributed by atoms with van der Waals surface area (Å²) in [7, 11) is 0.